The van der Waals surface area contributed by atoms with E-state index in [1.165, 1.54) is 21.3 Å². The number of aromatic amines is 2. The number of benzene rings is 2. The van der Waals surface area contributed by atoms with Crippen LogP contribution in [-0.2, 0) is 23.8 Å². The Kier molecular flexibility index (Phi) is 12.3. The number of aryl methyl sites for hydroxylation is 1. The maximum absolute atomic E-state index is 13.6. The number of hydrogen-bond donors (Lipinski definition) is 4. The predicted molar refractivity (Wildman–Crippen MR) is 208 cm³/mol. The molecule has 15 nitrogen and oxygen atoms in total. The molecule has 0 spiro atoms. The molecule has 2 aliphatic heterocycles. The Hall–Kier alpha value is -5.88. The molecular formula is C41H50N8O7. The molecule has 2 aromatic heterocycles. The topological polar surface area (TPSA) is 184 Å². The number of fused-ring (bicyclic) bond motifs is 1. The van der Waals surface area contributed by atoms with E-state index in [2.05, 4.69) is 43.5 Å². The van der Waals surface area contributed by atoms with Crippen LogP contribution >= 0.6 is 0 Å². The van der Waals surface area contributed by atoms with Crippen LogP contribution in [0, 0.1) is 24.7 Å². The highest BCUT2D eigenvalue weighted by Crippen LogP contribution is 2.34. The summed E-state index contributed by atoms with van der Waals surface area (Å²) in [5.41, 5.74) is 4.04. The van der Waals surface area contributed by atoms with Gasteiger partial charge in [0.25, 0.3) is 0 Å². The molecule has 0 radical (unpaired) electrons. The third-order valence-electron chi connectivity index (χ3n) is 10.6. The number of aromatic nitrogens is 4. The highest BCUT2D eigenvalue weighted by molar-refractivity contribution is 5.89. The van der Waals surface area contributed by atoms with Crippen LogP contribution < -0.4 is 10.6 Å². The lowest BCUT2D eigenvalue weighted by molar-refractivity contribution is -0.137. The van der Waals surface area contributed by atoms with Crippen LogP contribution in [-0.4, -0.2) is 106 Å². The molecule has 56 heavy (non-hydrogen) atoms. The van der Waals surface area contributed by atoms with E-state index in [9.17, 15) is 19.2 Å². The summed E-state index contributed by atoms with van der Waals surface area (Å²) < 4.78 is 14.9. The van der Waals surface area contributed by atoms with Gasteiger partial charge in [-0.3, -0.25) is 9.59 Å². The molecule has 2 aromatic carbocycles. The van der Waals surface area contributed by atoms with Crippen LogP contribution in [0.4, 0.5) is 9.59 Å². The minimum Gasteiger partial charge on any atom is -0.453 e. The van der Waals surface area contributed by atoms with Crippen LogP contribution in [0.3, 0.4) is 0 Å². The molecule has 0 unspecified atom stereocenters. The zero-order valence-electron chi connectivity index (χ0n) is 32.9. The molecular weight excluding hydrogens is 716 g/mol. The summed E-state index contributed by atoms with van der Waals surface area (Å²) in [6.07, 6.45) is 3.01. The number of alkyl carbamates (subject to hydrolysis) is 2. The van der Waals surface area contributed by atoms with Crippen molar-refractivity contribution in [2.75, 3.05) is 34.4 Å². The second-order valence-electron chi connectivity index (χ2n) is 14.6. The monoisotopic (exact) mass is 766 g/mol. The SMILES string of the molecule is COC(=O)N[C@H](C(=O)N1CCC[C@H]1c1nc(C#Cc2ccc3cc(-c4cnc([C@@H]5CCCN5C(=O)[C@@H](NC(=O)OC)[C@@H](C)OC)[nH]4)ccc3c2)c(C)[nH]1)C(C)C. The van der Waals surface area contributed by atoms with Crippen molar-refractivity contribution in [2.24, 2.45) is 5.92 Å². The molecule has 5 atom stereocenters. The Balaban J connectivity index is 1.15. The molecule has 2 saturated heterocycles. The molecule has 4 amide bonds. The van der Waals surface area contributed by atoms with Crippen LogP contribution in [0.15, 0.2) is 42.6 Å². The van der Waals surface area contributed by atoms with Gasteiger partial charge in [0.05, 0.1) is 44.3 Å². The number of rotatable bonds is 10. The van der Waals surface area contributed by atoms with Crippen molar-refractivity contribution in [2.45, 2.75) is 83.6 Å². The first-order valence-electron chi connectivity index (χ1n) is 18.9. The lowest BCUT2D eigenvalue weighted by atomic mass is 10.0. The van der Waals surface area contributed by atoms with E-state index in [4.69, 9.17) is 19.2 Å². The number of imidazole rings is 2. The Labute approximate surface area is 326 Å². The van der Waals surface area contributed by atoms with Crippen LogP contribution in [0.2, 0.25) is 0 Å². The Morgan fingerprint density at radius 2 is 1.41 bits per heavy atom. The lowest BCUT2D eigenvalue weighted by Crippen LogP contribution is -2.54. The molecule has 296 valence electrons. The first-order valence-corrected chi connectivity index (χ1v) is 18.9. The predicted octanol–water partition coefficient (Wildman–Crippen LogP) is 5.13. The van der Waals surface area contributed by atoms with Gasteiger partial charge < -0.3 is 44.6 Å². The smallest absolute Gasteiger partial charge is 0.407 e. The van der Waals surface area contributed by atoms with Gasteiger partial charge >= 0.3 is 12.2 Å². The summed E-state index contributed by atoms with van der Waals surface area (Å²) in [6, 6.07) is 10.1. The minimum atomic E-state index is -0.902. The number of carbonyl (C=O) groups excluding carboxylic acids is 4. The fraction of sp³-hybridized carbons (Fsp3) is 0.463. The summed E-state index contributed by atoms with van der Waals surface area (Å²) in [5, 5.41) is 7.35. The van der Waals surface area contributed by atoms with Crippen molar-refractivity contribution in [3.05, 3.63) is 71.2 Å². The Bertz CT molecular complexity index is 2150. The quantitative estimate of drug-likeness (QED) is 0.159. The molecule has 4 aromatic rings. The molecule has 0 saturated carbocycles. The molecule has 0 aliphatic carbocycles. The zero-order valence-corrected chi connectivity index (χ0v) is 32.9. The van der Waals surface area contributed by atoms with Gasteiger partial charge in [-0.1, -0.05) is 38.0 Å². The van der Waals surface area contributed by atoms with E-state index in [1.807, 2.05) is 51.1 Å². The van der Waals surface area contributed by atoms with Crippen molar-refractivity contribution in [3.8, 4) is 23.1 Å². The number of amides is 4. The summed E-state index contributed by atoms with van der Waals surface area (Å²) in [4.78, 5) is 71.0. The number of nitrogens with one attached hydrogen (secondary N) is 4. The van der Waals surface area contributed by atoms with E-state index >= 15 is 0 Å². The summed E-state index contributed by atoms with van der Waals surface area (Å²) >= 11 is 0. The number of hydrogen-bond acceptors (Lipinski definition) is 9. The van der Waals surface area contributed by atoms with Crippen LogP contribution in [0.1, 0.15) is 87.1 Å². The summed E-state index contributed by atoms with van der Waals surface area (Å²) in [5.74, 6) is 7.30. The van der Waals surface area contributed by atoms with Gasteiger partial charge in [-0.25, -0.2) is 19.6 Å². The van der Waals surface area contributed by atoms with Crippen molar-refractivity contribution >= 4 is 34.8 Å². The summed E-state index contributed by atoms with van der Waals surface area (Å²) in [6.45, 7) is 8.54. The average molecular weight is 767 g/mol. The maximum atomic E-state index is 13.6. The average Bonchev–Trinajstić information content (AvgIpc) is 4.04. The first-order chi connectivity index (χ1) is 26.9. The molecule has 4 heterocycles. The fourth-order valence-electron chi connectivity index (χ4n) is 7.43. The Morgan fingerprint density at radius 1 is 0.804 bits per heavy atom. The number of H-pyrrole nitrogens is 2. The maximum Gasteiger partial charge on any atom is 0.407 e. The number of likely N-dealkylation sites (tertiary alicyclic amines) is 2. The third kappa shape index (κ3) is 8.50. The second kappa shape index (κ2) is 17.3. The minimum absolute atomic E-state index is 0.120. The molecule has 6 rings (SSSR count). The molecule has 2 aliphatic rings. The van der Waals surface area contributed by atoms with Gasteiger partial charge in [-0.15, -0.1) is 0 Å². The van der Waals surface area contributed by atoms with Gasteiger partial charge in [-0.05, 0) is 80.3 Å². The third-order valence-corrected chi connectivity index (χ3v) is 10.6. The van der Waals surface area contributed by atoms with Crippen molar-refractivity contribution in [1.29, 1.82) is 0 Å². The molecule has 0 bridgehead atoms. The lowest BCUT2D eigenvalue weighted by Gasteiger charge is -2.30. The van der Waals surface area contributed by atoms with E-state index < -0.39 is 30.4 Å². The second-order valence-corrected chi connectivity index (χ2v) is 14.6. The van der Waals surface area contributed by atoms with E-state index in [1.54, 1.807) is 22.9 Å². The number of ether oxygens (including phenoxy) is 3. The van der Waals surface area contributed by atoms with E-state index in [0.717, 1.165) is 59.0 Å². The largest absolute Gasteiger partial charge is 0.453 e. The highest BCUT2D eigenvalue weighted by Gasteiger charge is 2.39. The normalized spacial score (nSPS) is 18.3. The Morgan fingerprint density at radius 3 is 2.05 bits per heavy atom. The van der Waals surface area contributed by atoms with Crippen molar-refractivity contribution < 1.29 is 33.4 Å². The van der Waals surface area contributed by atoms with Gasteiger partial charge in [0.1, 0.15) is 29.4 Å². The number of nitrogens with zero attached hydrogens (tertiary/aromatic N) is 4. The van der Waals surface area contributed by atoms with E-state index in [-0.39, 0.29) is 29.8 Å². The highest BCUT2D eigenvalue weighted by atomic mass is 16.5. The van der Waals surface area contributed by atoms with Crippen LogP contribution in [0.25, 0.3) is 22.0 Å². The molecule has 4 N–H and O–H groups in total. The first kappa shape index (κ1) is 39.8. The standard InChI is InChI=1S/C41H50N8O7/c1-23(2)34(46-40(52)55-6)38(50)49-19-9-11-33(49)37-43-24(3)30(44-37)17-13-26-12-14-28-21-29(16-15-27(28)20-26)31-22-42-36(45-31)32-10-8-18-48(32)39(51)35(25(4)54-5)47-41(53)56-7/h12,14-16,20-23,25,32-35H,8-11,18-19H2,1-7H3,(H,42,45)(H,43,44)(H,46,52)(H,47,53)/t25-,32+,33+,34+,35+/m1/s1. The fourth-order valence-corrected chi connectivity index (χ4v) is 7.43. The summed E-state index contributed by atoms with van der Waals surface area (Å²) in [7, 11) is 4.03. The number of methoxy groups -OCH3 is 3. The van der Waals surface area contributed by atoms with Gasteiger partial charge in [0.2, 0.25) is 11.8 Å². The molecule has 2 fully saturated rings. The zero-order chi connectivity index (χ0) is 40.1. The van der Waals surface area contributed by atoms with Crippen LogP contribution in [0.5, 0.6) is 0 Å². The van der Waals surface area contributed by atoms with Crippen molar-refractivity contribution in [3.63, 3.8) is 0 Å². The molecule has 15 heteroatoms. The van der Waals surface area contributed by atoms with E-state index in [0.29, 0.717) is 30.4 Å². The van der Waals surface area contributed by atoms with Gasteiger partial charge in [0.15, 0.2) is 0 Å². The number of carbonyl (C=O) groups is 4. The van der Waals surface area contributed by atoms with Gasteiger partial charge in [0, 0.05) is 37.0 Å². The van der Waals surface area contributed by atoms with Crippen molar-refractivity contribution in [1.82, 2.24) is 40.4 Å². The van der Waals surface area contributed by atoms with Gasteiger partial charge in [-0.2, -0.15) is 0 Å².